The van der Waals surface area contributed by atoms with Gasteiger partial charge in [-0.15, -0.1) is 11.6 Å². The van der Waals surface area contributed by atoms with Gasteiger partial charge in [-0.25, -0.2) is 0 Å². The molecule has 1 aromatic carbocycles. The third-order valence-electron chi connectivity index (χ3n) is 2.86. The molecule has 1 aromatic rings. The molecule has 7 heteroatoms. The fraction of sp³-hybridized carbons (Fsp3) is 0.364. The summed E-state index contributed by atoms with van der Waals surface area (Å²) in [7, 11) is 0. The monoisotopic (exact) mass is 288 g/mol. The number of nitrogens with zero attached hydrogens (tertiary/aromatic N) is 2. The molecule has 1 aliphatic rings. The van der Waals surface area contributed by atoms with Crippen molar-refractivity contribution in [3.63, 3.8) is 0 Å². The quantitative estimate of drug-likeness (QED) is 0.488. The molecule has 0 N–H and O–H groups in total. The lowest BCUT2D eigenvalue weighted by Gasteiger charge is -2.16. The van der Waals surface area contributed by atoms with Crippen LogP contribution >= 0.6 is 23.2 Å². The Kier molecular flexibility index (Phi) is 3.73. The van der Waals surface area contributed by atoms with E-state index in [1.165, 1.54) is 17.0 Å². The summed E-state index contributed by atoms with van der Waals surface area (Å²) < 4.78 is 0. The second-order valence-electron chi connectivity index (χ2n) is 4.12. The third kappa shape index (κ3) is 2.42. The summed E-state index contributed by atoms with van der Waals surface area (Å²) in [5.41, 5.74) is 0.292. The number of hydrogen-bond acceptors (Lipinski definition) is 3. The number of alkyl halides is 1. The molecule has 96 valence electrons. The van der Waals surface area contributed by atoms with Gasteiger partial charge in [-0.05, 0) is 18.1 Å². The molecule has 1 aliphatic heterocycles. The van der Waals surface area contributed by atoms with E-state index in [1.807, 2.05) is 0 Å². The van der Waals surface area contributed by atoms with Crippen LogP contribution in [0.25, 0.3) is 0 Å². The molecular weight excluding hydrogens is 279 g/mol. The number of carbonyl (C=O) groups excluding carboxylic acids is 1. The maximum atomic E-state index is 11.8. The van der Waals surface area contributed by atoms with E-state index in [0.717, 1.165) is 0 Å². The summed E-state index contributed by atoms with van der Waals surface area (Å²) in [4.78, 5) is 23.5. The number of hydrogen-bond donors (Lipinski definition) is 0. The van der Waals surface area contributed by atoms with Gasteiger partial charge in [0.2, 0.25) is 5.91 Å². The van der Waals surface area contributed by atoms with E-state index in [9.17, 15) is 14.9 Å². The standard InChI is InChI=1S/C11H10Cl2N2O3/c12-5-7-3-11(16)14(6-7)8-1-2-9(13)10(4-8)15(17)18/h1-2,4,7H,3,5-6H2. The van der Waals surface area contributed by atoms with Crippen LogP contribution in [0.4, 0.5) is 11.4 Å². The molecule has 0 aliphatic carbocycles. The smallest absolute Gasteiger partial charge is 0.289 e. The highest BCUT2D eigenvalue weighted by molar-refractivity contribution is 6.32. The van der Waals surface area contributed by atoms with Crippen LogP contribution in [0, 0.1) is 16.0 Å². The molecule has 0 bridgehead atoms. The number of anilines is 1. The van der Waals surface area contributed by atoms with Crippen LogP contribution in [0.5, 0.6) is 0 Å². The Bertz CT molecular complexity index is 507. The second kappa shape index (κ2) is 5.12. The summed E-state index contributed by atoms with van der Waals surface area (Å²) in [5, 5.41) is 10.8. The zero-order chi connectivity index (χ0) is 13.3. The average Bonchev–Trinajstić information content (AvgIpc) is 2.71. The first-order valence-corrected chi connectivity index (χ1v) is 6.24. The van der Waals surface area contributed by atoms with E-state index in [1.54, 1.807) is 6.07 Å². The average molecular weight is 289 g/mol. The highest BCUT2D eigenvalue weighted by Gasteiger charge is 2.31. The Morgan fingerprint density at radius 1 is 1.50 bits per heavy atom. The topological polar surface area (TPSA) is 63.5 Å². The van der Waals surface area contributed by atoms with E-state index < -0.39 is 4.92 Å². The van der Waals surface area contributed by atoms with Gasteiger partial charge in [-0.3, -0.25) is 14.9 Å². The Morgan fingerprint density at radius 2 is 2.22 bits per heavy atom. The molecule has 0 spiro atoms. The van der Waals surface area contributed by atoms with Gasteiger partial charge < -0.3 is 4.90 Å². The number of benzene rings is 1. The van der Waals surface area contributed by atoms with Crippen molar-refractivity contribution >= 4 is 40.5 Å². The van der Waals surface area contributed by atoms with Gasteiger partial charge in [0.15, 0.2) is 0 Å². The van der Waals surface area contributed by atoms with Crippen LogP contribution in [0.2, 0.25) is 5.02 Å². The Balaban J connectivity index is 2.32. The molecule has 1 saturated heterocycles. The first-order chi connectivity index (χ1) is 8.52. The Hall–Kier alpha value is -1.33. The lowest BCUT2D eigenvalue weighted by Crippen LogP contribution is -2.24. The van der Waals surface area contributed by atoms with E-state index in [-0.39, 0.29) is 22.5 Å². The van der Waals surface area contributed by atoms with Crippen LogP contribution in [-0.4, -0.2) is 23.3 Å². The summed E-state index contributed by atoms with van der Waals surface area (Å²) in [6.07, 6.45) is 0.375. The van der Waals surface area contributed by atoms with Crippen molar-refractivity contribution in [2.24, 2.45) is 5.92 Å². The van der Waals surface area contributed by atoms with Gasteiger partial charge in [0.05, 0.1) is 10.6 Å². The van der Waals surface area contributed by atoms with E-state index in [0.29, 0.717) is 24.5 Å². The van der Waals surface area contributed by atoms with Gasteiger partial charge >= 0.3 is 0 Å². The van der Waals surface area contributed by atoms with E-state index in [2.05, 4.69) is 0 Å². The maximum absolute atomic E-state index is 11.8. The molecule has 1 atom stereocenters. The molecule has 5 nitrogen and oxygen atoms in total. The van der Waals surface area contributed by atoms with Crippen molar-refractivity contribution in [2.75, 3.05) is 17.3 Å². The van der Waals surface area contributed by atoms with Crippen LogP contribution in [0.1, 0.15) is 6.42 Å². The highest BCUT2D eigenvalue weighted by Crippen LogP contribution is 2.32. The number of amides is 1. The predicted octanol–water partition coefficient (Wildman–Crippen LogP) is 2.84. The molecule has 18 heavy (non-hydrogen) atoms. The van der Waals surface area contributed by atoms with E-state index in [4.69, 9.17) is 23.2 Å². The van der Waals surface area contributed by atoms with Gasteiger partial charge in [0.25, 0.3) is 5.69 Å². The van der Waals surface area contributed by atoms with Crippen molar-refractivity contribution in [1.82, 2.24) is 0 Å². The number of nitro groups is 1. The number of nitro benzene ring substituents is 1. The molecule has 0 saturated carbocycles. The van der Waals surface area contributed by atoms with Gasteiger partial charge in [0.1, 0.15) is 5.02 Å². The first-order valence-electron chi connectivity index (χ1n) is 5.33. The van der Waals surface area contributed by atoms with Crippen LogP contribution in [0.15, 0.2) is 18.2 Å². The van der Waals surface area contributed by atoms with Crippen molar-refractivity contribution in [1.29, 1.82) is 0 Å². The van der Waals surface area contributed by atoms with Crippen molar-refractivity contribution in [3.8, 4) is 0 Å². The van der Waals surface area contributed by atoms with E-state index >= 15 is 0 Å². The molecule has 0 radical (unpaired) electrons. The lowest BCUT2D eigenvalue weighted by molar-refractivity contribution is -0.384. The summed E-state index contributed by atoms with van der Waals surface area (Å²) in [6.45, 7) is 0.487. The lowest BCUT2D eigenvalue weighted by atomic mass is 10.1. The molecule has 2 rings (SSSR count). The maximum Gasteiger partial charge on any atom is 0.289 e. The second-order valence-corrected chi connectivity index (χ2v) is 4.84. The Morgan fingerprint density at radius 3 is 2.78 bits per heavy atom. The zero-order valence-corrected chi connectivity index (χ0v) is 10.8. The minimum atomic E-state index is -0.564. The molecule has 1 unspecified atom stereocenters. The summed E-state index contributed by atoms with van der Waals surface area (Å²) in [6, 6.07) is 4.34. The number of rotatable bonds is 3. The molecule has 1 fully saturated rings. The normalized spacial score (nSPS) is 19.3. The van der Waals surface area contributed by atoms with Gasteiger partial charge in [0, 0.05) is 24.9 Å². The van der Waals surface area contributed by atoms with Crippen LogP contribution < -0.4 is 4.90 Å². The van der Waals surface area contributed by atoms with Crippen molar-refractivity contribution in [3.05, 3.63) is 33.3 Å². The summed E-state index contributed by atoms with van der Waals surface area (Å²) >= 11 is 11.4. The first kappa shape index (κ1) is 13.1. The molecule has 0 aromatic heterocycles. The fourth-order valence-corrected chi connectivity index (χ4v) is 2.34. The third-order valence-corrected chi connectivity index (χ3v) is 3.62. The molecule has 1 amide bonds. The summed E-state index contributed by atoms with van der Waals surface area (Å²) in [5.74, 6) is 0.420. The van der Waals surface area contributed by atoms with Crippen molar-refractivity contribution < 1.29 is 9.72 Å². The minimum absolute atomic E-state index is 0.0595. The highest BCUT2D eigenvalue weighted by atomic mass is 35.5. The van der Waals surface area contributed by atoms with Crippen molar-refractivity contribution in [2.45, 2.75) is 6.42 Å². The number of halogens is 2. The Labute approximate surface area is 113 Å². The van der Waals surface area contributed by atoms with Gasteiger partial charge in [-0.2, -0.15) is 0 Å². The zero-order valence-electron chi connectivity index (χ0n) is 9.31. The largest absolute Gasteiger partial charge is 0.312 e. The SMILES string of the molecule is O=C1CC(CCl)CN1c1ccc(Cl)c([N+](=O)[O-])c1. The van der Waals surface area contributed by atoms with Gasteiger partial charge in [-0.1, -0.05) is 11.6 Å². The molecule has 1 heterocycles. The van der Waals surface area contributed by atoms with Crippen LogP contribution in [-0.2, 0) is 4.79 Å². The number of carbonyl (C=O) groups is 1. The molecular formula is C11H10Cl2N2O3. The predicted molar refractivity (Wildman–Crippen MR) is 69.3 cm³/mol. The minimum Gasteiger partial charge on any atom is -0.312 e. The fourth-order valence-electron chi connectivity index (χ4n) is 1.94. The van der Waals surface area contributed by atoms with Crippen LogP contribution in [0.3, 0.4) is 0 Å².